The lowest BCUT2D eigenvalue weighted by atomic mass is 10.2. The quantitative estimate of drug-likeness (QED) is 0.760. The van der Waals surface area contributed by atoms with Crippen molar-refractivity contribution in [3.05, 3.63) is 51.8 Å². The Kier molecular flexibility index (Phi) is 5.85. The summed E-state index contributed by atoms with van der Waals surface area (Å²) >= 11 is 12.1. The zero-order chi connectivity index (χ0) is 15.2. The number of hydrogen-bond donors (Lipinski definition) is 1. The van der Waals surface area contributed by atoms with E-state index in [1.54, 1.807) is 18.2 Å². The molecule has 3 nitrogen and oxygen atoms in total. The smallest absolute Gasteiger partial charge is 0.147 e. The van der Waals surface area contributed by atoms with Gasteiger partial charge in [-0.3, -0.25) is 4.98 Å². The molecule has 1 aromatic carbocycles. The second-order valence-electron chi connectivity index (χ2n) is 4.79. The van der Waals surface area contributed by atoms with Crippen LogP contribution in [-0.4, -0.2) is 11.5 Å². The zero-order valence-corrected chi connectivity index (χ0v) is 13.6. The number of aryl methyl sites for hydroxylation is 1. The third-order valence-corrected chi connectivity index (χ3v) is 3.48. The van der Waals surface area contributed by atoms with Gasteiger partial charge in [0.1, 0.15) is 11.5 Å². The molecule has 0 amide bonds. The van der Waals surface area contributed by atoms with Crippen molar-refractivity contribution >= 4 is 23.2 Å². The van der Waals surface area contributed by atoms with Gasteiger partial charge in [-0.15, -0.1) is 0 Å². The molecule has 0 saturated carbocycles. The highest BCUT2D eigenvalue weighted by Crippen LogP contribution is 2.33. The largest absolute Gasteiger partial charge is 0.455 e. The van der Waals surface area contributed by atoms with Gasteiger partial charge in [-0.1, -0.05) is 30.1 Å². The summed E-state index contributed by atoms with van der Waals surface area (Å²) in [6.45, 7) is 5.71. The molecule has 0 radical (unpaired) electrons. The zero-order valence-electron chi connectivity index (χ0n) is 12.1. The number of hydrogen-bond acceptors (Lipinski definition) is 3. The first-order valence-corrected chi connectivity index (χ1v) is 7.65. The summed E-state index contributed by atoms with van der Waals surface area (Å²) in [7, 11) is 0. The molecule has 2 aromatic rings. The molecular weight excluding hydrogens is 307 g/mol. The SMILES string of the molecule is CCCNCc1cnc(C)cc1Oc1cc(Cl)ccc1Cl. The fraction of sp³-hybridized carbons (Fsp3) is 0.312. The van der Waals surface area contributed by atoms with E-state index >= 15 is 0 Å². The van der Waals surface area contributed by atoms with E-state index in [1.165, 1.54) is 0 Å². The Morgan fingerprint density at radius 2 is 2.00 bits per heavy atom. The fourth-order valence-electron chi connectivity index (χ4n) is 1.86. The number of nitrogens with one attached hydrogen (secondary N) is 1. The molecular formula is C16H18Cl2N2O. The van der Waals surface area contributed by atoms with Crippen LogP contribution in [0.15, 0.2) is 30.5 Å². The first-order valence-electron chi connectivity index (χ1n) is 6.89. The van der Waals surface area contributed by atoms with Crippen molar-refractivity contribution in [2.75, 3.05) is 6.54 Å². The number of ether oxygens (including phenoxy) is 1. The van der Waals surface area contributed by atoms with Gasteiger partial charge in [0.25, 0.3) is 0 Å². The summed E-state index contributed by atoms with van der Waals surface area (Å²) in [5.41, 5.74) is 1.88. The van der Waals surface area contributed by atoms with E-state index < -0.39 is 0 Å². The lowest BCUT2D eigenvalue weighted by Gasteiger charge is -2.13. The highest BCUT2D eigenvalue weighted by molar-refractivity contribution is 6.34. The normalized spacial score (nSPS) is 10.7. The van der Waals surface area contributed by atoms with Crippen molar-refractivity contribution in [3.8, 4) is 11.5 Å². The molecule has 0 aliphatic rings. The van der Waals surface area contributed by atoms with Gasteiger partial charge in [-0.2, -0.15) is 0 Å². The molecule has 1 aromatic heterocycles. The van der Waals surface area contributed by atoms with E-state index in [1.807, 2.05) is 19.2 Å². The van der Waals surface area contributed by atoms with Crippen LogP contribution in [0.4, 0.5) is 0 Å². The number of rotatable bonds is 6. The third-order valence-electron chi connectivity index (χ3n) is 2.94. The van der Waals surface area contributed by atoms with Gasteiger partial charge >= 0.3 is 0 Å². The Labute approximate surface area is 135 Å². The number of benzene rings is 1. The van der Waals surface area contributed by atoms with Crippen LogP contribution in [0.5, 0.6) is 11.5 Å². The van der Waals surface area contributed by atoms with E-state index in [0.29, 0.717) is 22.3 Å². The Morgan fingerprint density at radius 1 is 1.19 bits per heavy atom. The van der Waals surface area contributed by atoms with Gasteiger partial charge in [0.05, 0.1) is 5.02 Å². The van der Waals surface area contributed by atoms with Crippen molar-refractivity contribution in [1.29, 1.82) is 0 Å². The second-order valence-corrected chi connectivity index (χ2v) is 5.63. The van der Waals surface area contributed by atoms with Crippen LogP contribution in [-0.2, 0) is 6.54 Å². The minimum atomic E-state index is 0.529. The molecule has 1 N–H and O–H groups in total. The van der Waals surface area contributed by atoms with Crippen LogP contribution >= 0.6 is 23.2 Å². The highest BCUT2D eigenvalue weighted by Gasteiger charge is 2.09. The Morgan fingerprint density at radius 3 is 2.76 bits per heavy atom. The van der Waals surface area contributed by atoms with Crippen LogP contribution in [0.3, 0.4) is 0 Å². The average molecular weight is 325 g/mol. The van der Waals surface area contributed by atoms with E-state index in [4.69, 9.17) is 27.9 Å². The van der Waals surface area contributed by atoms with E-state index in [0.717, 1.165) is 30.0 Å². The molecule has 0 aliphatic carbocycles. The van der Waals surface area contributed by atoms with Gasteiger partial charge in [-0.05, 0) is 32.0 Å². The van der Waals surface area contributed by atoms with E-state index in [2.05, 4.69) is 17.2 Å². The third kappa shape index (κ3) is 4.60. The fourth-order valence-corrected chi connectivity index (χ4v) is 2.18. The second kappa shape index (κ2) is 7.64. The van der Waals surface area contributed by atoms with Crippen molar-refractivity contribution in [2.45, 2.75) is 26.8 Å². The average Bonchev–Trinajstić information content (AvgIpc) is 2.45. The van der Waals surface area contributed by atoms with Gasteiger partial charge < -0.3 is 10.1 Å². The first kappa shape index (κ1) is 16.1. The molecule has 0 atom stereocenters. The van der Waals surface area contributed by atoms with Crippen LogP contribution < -0.4 is 10.1 Å². The van der Waals surface area contributed by atoms with Gasteiger partial charge in [0.2, 0.25) is 0 Å². The highest BCUT2D eigenvalue weighted by atomic mass is 35.5. The maximum atomic E-state index is 6.15. The monoisotopic (exact) mass is 324 g/mol. The Hall–Kier alpha value is -1.29. The maximum Gasteiger partial charge on any atom is 0.147 e. The summed E-state index contributed by atoms with van der Waals surface area (Å²) in [4.78, 5) is 4.32. The Bertz CT molecular complexity index is 617. The van der Waals surface area contributed by atoms with Crippen LogP contribution in [0.25, 0.3) is 0 Å². The molecule has 0 unspecified atom stereocenters. The lowest BCUT2D eigenvalue weighted by molar-refractivity contribution is 0.471. The first-order chi connectivity index (χ1) is 10.1. The van der Waals surface area contributed by atoms with Crippen molar-refractivity contribution in [1.82, 2.24) is 10.3 Å². The molecule has 0 aliphatic heterocycles. The topological polar surface area (TPSA) is 34.2 Å². The molecule has 2 rings (SSSR count). The molecule has 21 heavy (non-hydrogen) atoms. The van der Waals surface area contributed by atoms with Crippen LogP contribution in [0, 0.1) is 6.92 Å². The molecule has 0 spiro atoms. The summed E-state index contributed by atoms with van der Waals surface area (Å²) in [6, 6.07) is 7.07. The number of pyridine rings is 1. The molecule has 112 valence electrons. The number of nitrogens with zero attached hydrogens (tertiary/aromatic N) is 1. The lowest BCUT2D eigenvalue weighted by Crippen LogP contribution is -2.14. The summed E-state index contributed by atoms with van der Waals surface area (Å²) < 4.78 is 5.94. The minimum Gasteiger partial charge on any atom is -0.455 e. The maximum absolute atomic E-state index is 6.15. The van der Waals surface area contributed by atoms with Crippen molar-refractivity contribution in [2.24, 2.45) is 0 Å². The predicted octanol–water partition coefficient (Wildman–Crippen LogP) is 4.99. The number of aromatic nitrogens is 1. The van der Waals surface area contributed by atoms with E-state index in [9.17, 15) is 0 Å². The predicted molar refractivity (Wildman–Crippen MR) is 87.5 cm³/mol. The number of halogens is 2. The van der Waals surface area contributed by atoms with Crippen molar-refractivity contribution < 1.29 is 4.74 Å². The van der Waals surface area contributed by atoms with E-state index in [-0.39, 0.29) is 0 Å². The van der Waals surface area contributed by atoms with Crippen molar-refractivity contribution in [3.63, 3.8) is 0 Å². The van der Waals surface area contributed by atoms with Crippen LogP contribution in [0.2, 0.25) is 10.0 Å². The van der Waals surface area contributed by atoms with Gasteiger partial charge in [0, 0.05) is 41.2 Å². The summed E-state index contributed by atoms with van der Waals surface area (Å²) in [6.07, 6.45) is 2.90. The van der Waals surface area contributed by atoms with Crippen LogP contribution in [0.1, 0.15) is 24.6 Å². The minimum absolute atomic E-state index is 0.529. The summed E-state index contributed by atoms with van der Waals surface area (Å²) in [5, 5.41) is 4.46. The summed E-state index contributed by atoms with van der Waals surface area (Å²) in [5.74, 6) is 1.29. The molecule has 5 heteroatoms. The molecule has 0 saturated heterocycles. The molecule has 1 heterocycles. The standard InChI is InChI=1S/C16H18Cl2N2O/c1-3-6-19-9-12-10-20-11(2)7-15(12)21-16-8-13(17)4-5-14(16)18/h4-5,7-8,10,19H,3,6,9H2,1-2H3. The molecule has 0 bridgehead atoms. The molecule has 0 fully saturated rings. The Balaban J connectivity index is 2.25. The van der Waals surface area contributed by atoms with Gasteiger partial charge in [0.15, 0.2) is 0 Å². The van der Waals surface area contributed by atoms with Gasteiger partial charge in [-0.25, -0.2) is 0 Å².